The number of aliphatic carboxylic acids is 1. The molecule has 0 spiro atoms. The summed E-state index contributed by atoms with van der Waals surface area (Å²) in [4.78, 5) is 33.4. The predicted molar refractivity (Wildman–Crippen MR) is 91.3 cm³/mol. The van der Waals surface area contributed by atoms with Gasteiger partial charge in [-0.2, -0.15) is 13.2 Å². The van der Waals surface area contributed by atoms with Crippen molar-refractivity contribution in [3.8, 4) is 0 Å². The van der Waals surface area contributed by atoms with Crippen molar-refractivity contribution in [2.24, 2.45) is 5.92 Å². The Morgan fingerprint density at radius 3 is 2.14 bits per heavy atom. The Hall–Kier alpha value is -1.88. The molecule has 4 N–H and O–H groups in total. The van der Waals surface area contributed by atoms with Crippen molar-refractivity contribution in [2.45, 2.75) is 63.3 Å². The molecule has 0 radical (unpaired) electrons. The maximum absolute atomic E-state index is 12.3. The average molecular weight is 412 g/mol. The van der Waals surface area contributed by atoms with E-state index < -0.39 is 29.8 Å². The molecule has 28 heavy (non-hydrogen) atoms. The zero-order chi connectivity index (χ0) is 21.4. The Balaban J connectivity index is 0.000000480. The van der Waals surface area contributed by atoms with Gasteiger partial charge >= 0.3 is 18.1 Å². The summed E-state index contributed by atoms with van der Waals surface area (Å²) in [7, 11) is 0. The van der Waals surface area contributed by atoms with Crippen LogP contribution in [0, 0.1) is 5.92 Å². The fourth-order valence-corrected chi connectivity index (χ4v) is 3.23. The summed E-state index contributed by atoms with van der Waals surface area (Å²) in [5.41, 5.74) is -1.22. The van der Waals surface area contributed by atoms with Crippen LogP contribution in [-0.2, 0) is 19.1 Å². The number of carboxylic acids is 1. The van der Waals surface area contributed by atoms with E-state index >= 15 is 0 Å². The Labute approximate surface area is 160 Å². The average Bonchev–Trinajstić information content (AvgIpc) is 3.14. The van der Waals surface area contributed by atoms with Crippen LogP contribution in [-0.4, -0.2) is 65.6 Å². The fraction of sp³-hybridized carbons (Fsp3) is 0.824. The van der Waals surface area contributed by atoms with Gasteiger partial charge in [0.25, 0.3) is 0 Å². The molecule has 1 atom stereocenters. The number of alkyl halides is 3. The van der Waals surface area contributed by atoms with Crippen molar-refractivity contribution < 1.29 is 42.5 Å². The van der Waals surface area contributed by atoms with E-state index in [-0.39, 0.29) is 18.4 Å². The lowest BCUT2D eigenvalue weighted by atomic mass is 9.84. The fourth-order valence-electron chi connectivity index (χ4n) is 3.23. The second-order valence-corrected chi connectivity index (χ2v) is 6.83. The molecule has 1 unspecified atom stereocenters. The normalized spacial score (nSPS) is 20.5. The summed E-state index contributed by atoms with van der Waals surface area (Å²) in [6, 6.07) is -0.965. The number of nitrogens with one attached hydrogen (secondary N) is 2. The molecule has 1 saturated heterocycles. The zero-order valence-electron chi connectivity index (χ0n) is 15.7. The number of piperidine rings is 1. The van der Waals surface area contributed by atoms with Gasteiger partial charge in [0, 0.05) is 5.92 Å². The van der Waals surface area contributed by atoms with Gasteiger partial charge in [0.1, 0.15) is 0 Å². The number of hydrogen-bond acceptors (Lipinski definition) is 6. The van der Waals surface area contributed by atoms with Crippen LogP contribution in [0.25, 0.3) is 0 Å². The van der Waals surface area contributed by atoms with Gasteiger partial charge in [-0.15, -0.1) is 0 Å². The molecule has 1 saturated carbocycles. The number of amides is 1. The van der Waals surface area contributed by atoms with Crippen LogP contribution in [0.1, 0.15) is 45.4 Å². The number of rotatable bonds is 5. The molecule has 1 aliphatic heterocycles. The van der Waals surface area contributed by atoms with Gasteiger partial charge in [-0.05, 0) is 45.7 Å². The molecule has 1 amide bonds. The minimum atomic E-state index is -5.08. The third-order valence-corrected chi connectivity index (χ3v) is 4.78. The molecule has 162 valence electrons. The number of hydrogen-bond donors (Lipinski definition) is 4. The largest absolute Gasteiger partial charge is 0.490 e. The highest BCUT2D eigenvalue weighted by Crippen LogP contribution is 2.27. The van der Waals surface area contributed by atoms with Crippen molar-refractivity contribution in [1.29, 1.82) is 0 Å². The standard InChI is InChI=1S/C15H26N2O4.C2HF3O2/c1-2-21-14(19)12(15(20)7-9-16-10-8-15)17-13(18)11-5-3-4-6-11;3-2(4,5)1(6)7/h11-12,16,20H,2-10H2,1H3,(H,17,18);(H,6,7). The third kappa shape index (κ3) is 7.27. The van der Waals surface area contributed by atoms with E-state index in [4.69, 9.17) is 14.6 Å². The Morgan fingerprint density at radius 2 is 1.71 bits per heavy atom. The first-order chi connectivity index (χ1) is 13.0. The van der Waals surface area contributed by atoms with E-state index in [2.05, 4.69) is 10.6 Å². The van der Waals surface area contributed by atoms with E-state index in [1.54, 1.807) is 6.92 Å². The number of carbonyl (C=O) groups is 3. The van der Waals surface area contributed by atoms with Crippen molar-refractivity contribution in [3.63, 3.8) is 0 Å². The van der Waals surface area contributed by atoms with Crippen LogP contribution in [0.3, 0.4) is 0 Å². The molecule has 1 aliphatic carbocycles. The van der Waals surface area contributed by atoms with Crippen molar-refractivity contribution in [1.82, 2.24) is 10.6 Å². The number of carboxylic acid groups (broad SMARTS) is 1. The first-order valence-corrected chi connectivity index (χ1v) is 9.21. The van der Waals surface area contributed by atoms with Crippen LogP contribution < -0.4 is 10.6 Å². The molecule has 0 bridgehead atoms. The van der Waals surface area contributed by atoms with Crippen LogP contribution in [0.15, 0.2) is 0 Å². The van der Waals surface area contributed by atoms with E-state index in [0.29, 0.717) is 25.9 Å². The van der Waals surface area contributed by atoms with Gasteiger partial charge in [-0.1, -0.05) is 12.8 Å². The van der Waals surface area contributed by atoms with Crippen LogP contribution in [0.4, 0.5) is 13.2 Å². The molecule has 0 aromatic carbocycles. The minimum absolute atomic E-state index is 0.0350. The van der Waals surface area contributed by atoms with Crippen LogP contribution >= 0.6 is 0 Å². The summed E-state index contributed by atoms with van der Waals surface area (Å²) in [5, 5.41) is 23.8. The molecule has 2 fully saturated rings. The van der Waals surface area contributed by atoms with Gasteiger partial charge in [0.05, 0.1) is 12.2 Å². The second-order valence-electron chi connectivity index (χ2n) is 6.83. The van der Waals surface area contributed by atoms with Gasteiger partial charge in [-0.3, -0.25) is 4.79 Å². The van der Waals surface area contributed by atoms with Gasteiger partial charge in [-0.25, -0.2) is 9.59 Å². The number of halogens is 3. The third-order valence-electron chi connectivity index (χ3n) is 4.78. The van der Waals surface area contributed by atoms with E-state index in [1.807, 2.05) is 0 Å². The first kappa shape index (κ1) is 24.2. The minimum Gasteiger partial charge on any atom is -0.475 e. The number of esters is 1. The van der Waals surface area contributed by atoms with Crippen molar-refractivity contribution >= 4 is 17.8 Å². The number of aliphatic hydroxyl groups is 1. The van der Waals surface area contributed by atoms with Gasteiger partial charge in [0.2, 0.25) is 5.91 Å². The summed E-state index contributed by atoms with van der Waals surface area (Å²) in [6.45, 7) is 3.22. The van der Waals surface area contributed by atoms with Gasteiger partial charge < -0.3 is 25.6 Å². The summed E-state index contributed by atoms with van der Waals surface area (Å²) in [6.07, 6.45) is -0.391. The van der Waals surface area contributed by atoms with E-state index in [9.17, 15) is 27.9 Å². The highest BCUT2D eigenvalue weighted by atomic mass is 19.4. The highest BCUT2D eigenvalue weighted by Gasteiger charge is 2.45. The molecule has 1 heterocycles. The maximum atomic E-state index is 12.3. The molecule has 8 nitrogen and oxygen atoms in total. The van der Waals surface area contributed by atoms with E-state index in [0.717, 1.165) is 25.7 Å². The SMILES string of the molecule is CCOC(=O)C(NC(=O)C1CCCC1)C1(O)CCNCC1.O=C(O)C(F)(F)F. The first-order valence-electron chi connectivity index (χ1n) is 9.21. The monoisotopic (exact) mass is 412 g/mol. The number of ether oxygens (including phenoxy) is 1. The Kier molecular flexibility index (Phi) is 9.15. The molecule has 0 aromatic rings. The summed E-state index contributed by atoms with van der Waals surface area (Å²) in [5.74, 6) is -3.45. The smallest absolute Gasteiger partial charge is 0.475 e. The summed E-state index contributed by atoms with van der Waals surface area (Å²) >= 11 is 0. The molecule has 2 aliphatic rings. The predicted octanol–water partition coefficient (Wildman–Crippen LogP) is 0.972. The highest BCUT2D eigenvalue weighted by molar-refractivity contribution is 5.86. The van der Waals surface area contributed by atoms with Crippen LogP contribution in [0.5, 0.6) is 0 Å². The molecule has 0 aromatic heterocycles. The van der Waals surface area contributed by atoms with Crippen LogP contribution in [0.2, 0.25) is 0 Å². The van der Waals surface area contributed by atoms with Crippen molar-refractivity contribution in [3.05, 3.63) is 0 Å². The quantitative estimate of drug-likeness (QED) is 0.496. The number of carbonyl (C=O) groups excluding carboxylic acids is 2. The second kappa shape index (κ2) is 10.6. The Bertz CT molecular complexity index is 544. The molecule has 11 heteroatoms. The lowest BCUT2D eigenvalue weighted by molar-refractivity contribution is -0.192. The molecular formula is C17H27F3N2O6. The summed E-state index contributed by atoms with van der Waals surface area (Å²) < 4.78 is 36.8. The maximum Gasteiger partial charge on any atom is 0.490 e. The zero-order valence-corrected chi connectivity index (χ0v) is 15.7. The lowest BCUT2D eigenvalue weighted by Gasteiger charge is -2.38. The molecular weight excluding hydrogens is 385 g/mol. The van der Waals surface area contributed by atoms with Crippen molar-refractivity contribution in [2.75, 3.05) is 19.7 Å². The lowest BCUT2D eigenvalue weighted by Crippen LogP contribution is -2.61. The molecule has 2 rings (SSSR count). The van der Waals surface area contributed by atoms with Gasteiger partial charge in [0.15, 0.2) is 6.04 Å². The Morgan fingerprint density at radius 1 is 1.21 bits per heavy atom. The topological polar surface area (TPSA) is 125 Å². The van der Waals surface area contributed by atoms with E-state index in [1.165, 1.54) is 0 Å².